The number of methoxy groups -OCH3 is 2. The smallest absolute Gasteiger partial charge is 0.247 e. The van der Waals surface area contributed by atoms with Gasteiger partial charge in [0.2, 0.25) is 5.69 Å². The van der Waals surface area contributed by atoms with Crippen LogP contribution >= 0.6 is 0 Å². The molecule has 2 aromatic rings. The molecule has 0 atom stereocenters. The van der Waals surface area contributed by atoms with E-state index in [1.54, 1.807) is 14.2 Å². The predicted octanol–water partition coefficient (Wildman–Crippen LogP) is 0.0270. The number of halogens is 1. The maximum absolute atomic E-state index is 5.46. The van der Waals surface area contributed by atoms with Gasteiger partial charge in [0.1, 0.15) is 5.75 Å². The summed E-state index contributed by atoms with van der Waals surface area (Å²) in [6, 6.07) is 14.3. The van der Waals surface area contributed by atoms with Gasteiger partial charge in [-0.05, 0) is 17.7 Å². The summed E-state index contributed by atoms with van der Waals surface area (Å²) < 4.78 is 13.1. The summed E-state index contributed by atoms with van der Waals surface area (Å²) in [4.78, 5) is 0. The molecule has 0 saturated carbocycles. The minimum Gasteiger partial charge on any atom is -1.00 e. The molecule has 0 unspecified atom stereocenters. The van der Waals surface area contributed by atoms with Gasteiger partial charge in [-0.1, -0.05) is 24.3 Å². The number of para-hydroxylation sites is 2. The van der Waals surface area contributed by atoms with Crippen molar-refractivity contribution < 1.29 is 31.0 Å². The molecular weight excluding hydrogens is 330 g/mol. The molecule has 0 spiro atoms. The van der Waals surface area contributed by atoms with Gasteiger partial charge in [0.15, 0.2) is 18.5 Å². The second kappa shape index (κ2) is 6.76. The fraction of sp³-hybridized carbons (Fsp3) is 0.235. The largest absolute Gasteiger partial charge is 1.00 e. The normalized spacial score (nSPS) is 12.8. The highest BCUT2D eigenvalue weighted by molar-refractivity contribution is 5.84. The third kappa shape index (κ3) is 2.95. The Kier molecular flexibility index (Phi) is 5.02. The first-order valence-electron chi connectivity index (χ1n) is 6.74. The van der Waals surface area contributed by atoms with Crippen LogP contribution in [0.15, 0.2) is 42.5 Å². The van der Waals surface area contributed by atoms with Crippen molar-refractivity contribution in [2.24, 2.45) is 0 Å². The minimum atomic E-state index is 0. The summed E-state index contributed by atoms with van der Waals surface area (Å²) in [5, 5.41) is 0. The van der Waals surface area contributed by atoms with Crippen molar-refractivity contribution in [2.45, 2.75) is 6.42 Å². The molecule has 1 aliphatic rings. The van der Waals surface area contributed by atoms with E-state index in [0.29, 0.717) is 0 Å². The molecule has 0 aliphatic carbocycles. The molecular formula is C17H18BrNO2. The van der Waals surface area contributed by atoms with E-state index in [9.17, 15) is 0 Å². The average Bonchev–Trinajstić information content (AvgIpc) is 2.53. The van der Waals surface area contributed by atoms with Crippen molar-refractivity contribution in [3.8, 4) is 11.5 Å². The van der Waals surface area contributed by atoms with E-state index >= 15 is 0 Å². The highest BCUT2D eigenvalue weighted by Gasteiger charge is 2.23. The number of rotatable bonds is 3. The lowest BCUT2D eigenvalue weighted by Crippen LogP contribution is -3.00. The van der Waals surface area contributed by atoms with Crippen LogP contribution in [0.25, 0.3) is 0 Å². The van der Waals surface area contributed by atoms with E-state index < -0.39 is 0 Å². The van der Waals surface area contributed by atoms with E-state index in [-0.39, 0.29) is 17.0 Å². The van der Waals surface area contributed by atoms with E-state index in [2.05, 4.69) is 22.9 Å². The average molecular weight is 348 g/mol. The van der Waals surface area contributed by atoms with Crippen LogP contribution in [0.1, 0.15) is 11.1 Å². The lowest BCUT2D eigenvalue weighted by atomic mass is 10.0. The van der Waals surface area contributed by atoms with E-state index in [4.69, 9.17) is 9.47 Å². The predicted molar refractivity (Wildman–Crippen MR) is 79.6 cm³/mol. The summed E-state index contributed by atoms with van der Waals surface area (Å²) in [6.45, 7) is 0.945. The second-order valence-corrected chi connectivity index (χ2v) is 4.78. The molecule has 0 amide bonds. The minimum absolute atomic E-state index is 0. The number of fused-ring (bicyclic) bond motifs is 1. The highest BCUT2D eigenvalue weighted by Crippen LogP contribution is 2.30. The van der Waals surface area contributed by atoms with E-state index in [1.807, 2.05) is 30.3 Å². The third-order valence-electron chi connectivity index (χ3n) is 3.68. The standard InChI is InChI=1S/C17H18NO2.BrH/c1-19-16-9-5-6-13-10-11-18(12-14(13)16)15-7-3-4-8-17(15)20-2;/h3-9,12H,10-11H2,1-2H3;1H/q+1;/p-1. The van der Waals surface area contributed by atoms with Crippen LogP contribution in [0.3, 0.4) is 0 Å². The first kappa shape index (κ1) is 15.6. The van der Waals surface area contributed by atoms with Gasteiger partial charge in [-0.25, -0.2) is 0 Å². The molecule has 110 valence electrons. The Balaban J connectivity index is 0.00000161. The molecule has 0 aromatic heterocycles. The Bertz CT molecular complexity index is 668. The third-order valence-corrected chi connectivity index (χ3v) is 3.68. The zero-order chi connectivity index (χ0) is 13.9. The number of hydrogen-bond donors (Lipinski definition) is 0. The summed E-state index contributed by atoms with van der Waals surface area (Å²) in [5.74, 6) is 1.81. The Morgan fingerprint density at radius 3 is 2.38 bits per heavy atom. The molecule has 0 saturated heterocycles. The zero-order valence-electron chi connectivity index (χ0n) is 12.2. The molecule has 0 bridgehead atoms. The Hall–Kier alpha value is -1.81. The molecule has 4 heteroatoms. The molecule has 0 radical (unpaired) electrons. The van der Waals surface area contributed by atoms with Gasteiger partial charge in [0.05, 0.1) is 19.8 Å². The van der Waals surface area contributed by atoms with Crippen LogP contribution in [0, 0.1) is 0 Å². The summed E-state index contributed by atoms with van der Waals surface area (Å²) >= 11 is 0. The van der Waals surface area contributed by atoms with Crippen LogP contribution in [-0.2, 0) is 6.42 Å². The quantitative estimate of drug-likeness (QED) is 0.730. The van der Waals surface area contributed by atoms with Crippen LogP contribution in [0.5, 0.6) is 11.5 Å². The lowest BCUT2D eigenvalue weighted by Gasteiger charge is -2.15. The zero-order valence-corrected chi connectivity index (χ0v) is 13.8. The summed E-state index contributed by atoms with van der Waals surface area (Å²) in [5.41, 5.74) is 3.58. The Morgan fingerprint density at radius 2 is 1.62 bits per heavy atom. The van der Waals surface area contributed by atoms with Crippen LogP contribution in [-0.4, -0.2) is 31.6 Å². The fourth-order valence-electron chi connectivity index (χ4n) is 2.65. The Morgan fingerprint density at radius 1 is 0.905 bits per heavy atom. The maximum Gasteiger partial charge on any atom is 0.247 e. The number of benzene rings is 2. The van der Waals surface area contributed by atoms with Gasteiger partial charge in [0.25, 0.3) is 0 Å². The van der Waals surface area contributed by atoms with Gasteiger partial charge in [-0.15, -0.1) is 0 Å². The SMILES string of the molecule is COc1ccccc1[N+]1=Cc2c(cccc2OC)CC1.[Br-]. The second-order valence-electron chi connectivity index (χ2n) is 4.78. The molecule has 0 N–H and O–H groups in total. The van der Waals surface area contributed by atoms with Crippen LogP contribution in [0.4, 0.5) is 5.69 Å². The molecule has 3 rings (SSSR count). The van der Waals surface area contributed by atoms with Gasteiger partial charge in [-0.2, -0.15) is 4.58 Å². The molecule has 0 fully saturated rings. The number of nitrogens with zero attached hydrogens (tertiary/aromatic N) is 1. The topological polar surface area (TPSA) is 21.5 Å². The van der Waals surface area contributed by atoms with Crippen molar-refractivity contribution >= 4 is 11.9 Å². The van der Waals surface area contributed by atoms with E-state index in [1.165, 1.54) is 5.56 Å². The number of ether oxygens (including phenoxy) is 2. The van der Waals surface area contributed by atoms with Crippen molar-refractivity contribution in [1.82, 2.24) is 0 Å². The van der Waals surface area contributed by atoms with Crippen molar-refractivity contribution in [2.75, 3.05) is 20.8 Å². The molecule has 1 aliphatic heterocycles. The number of hydrogen-bond acceptors (Lipinski definition) is 2. The van der Waals surface area contributed by atoms with Crippen molar-refractivity contribution in [1.29, 1.82) is 0 Å². The van der Waals surface area contributed by atoms with Gasteiger partial charge >= 0.3 is 0 Å². The van der Waals surface area contributed by atoms with Crippen LogP contribution in [0.2, 0.25) is 0 Å². The molecule has 2 aromatic carbocycles. The molecule has 1 heterocycles. The van der Waals surface area contributed by atoms with Gasteiger partial charge in [0, 0.05) is 12.5 Å². The van der Waals surface area contributed by atoms with Crippen LogP contribution < -0.4 is 26.5 Å². The van der Waals surface area contributed by atoms with Gasteiger partial charge in [-0.3, -0.25) is 0 Å². The van der Waals surface area contributed by atoms with Gasteiger partial charge < -0.3 is 26.5 Å². The fourth-order valence-corrected chi connectivity index (χ4v) is 2.65. The highest BCUT2D eigenvalue weighted by atomic mass is 79.9. The lowest BCUT2D eigenvalue weighted by molar-refractivity contribution is -0.437. The van der Waals surface area contributed by atoms with Crippen molar-refractivity contribution in [3.05, 3.63) is 53.6 Å². The molecule has 21 heavy (non-hydrogen) atoms. The van der Waals surface area contributed by atoms with E-state index in [0.717, 1.165) is 35.7 Å². The Labute approximate surface area is 135 Å². The first-order chi connectivity index (χ1) is 9.83. The molecule has 3 nitrogen and oxygen atoms in total. The van der Waals surface area contributed by atoms with Crippen molar-refractivity contribution in [3.63, 3.8) is 0 Å². The summed E-state index contributed by atoms with van der Waals surface area (Å²) in [6.07, 6.45) is 3.15. The monoisotopic (exact) mass is 347 g/mol. The summed E-state index contributed by atoms with van der Waals surface area (Å²) in [7, 11) is 3.42. The maximum atomic E-state index is 5.46. The first-order valence-corrected chi connectivity index (χ1v) is 6.74.